The SMILES string of the molecule is Cc1sc2ncnc(SCCF)c2c1-c1ccc(F)cc1. The number of rotatable bonds is 4. The highest BCUT2D eigenvalue weighted by molar-refractivity contribution is 7.99. The summed E-state index contributed by atoms with van der Waals surface area (Å²) in [5, 5.41) is 1.71. The van der Waals surface area contributed by atoms with Crippen molar-refractivity contribution in [3.63, 3.8) is 0 Å². The van der Waals surface area contributed by atoms with Gasteiger partial charge in [0.05, 0.1) is 12.1 Å². The van der Waals surface area contributed by atoms with Gasteiger partial charge >= 0.3 is 0 Å². The number of benzene rings is 1. The van der Waals surface area contributed by atoms with Crippen LogP contribution in [0.2, 0.25) is 0 Å². The summed E-state index contributed by atoms with van der Waals surface area (Å²) in [4.78, 5) is 10.6. The van der Waals surface area contributed by atoms with E-state index in [0.29, 0.717) is 5.75 Å². The third-order valence-corrected chi connectivity index (χ3v) is 5.03. The summed E-state index contributed by atoms with van der Waals surface area (Å²) in [5.41, 5.74) is 1.94. The zero-order valence-corrected chi connectivity index (χ0v) is 12.9. The van der Waals surface area contributed by atoms with Gasteiger partial charge in [-0.3, -0.25) is 4.39 Å². The lowest BCUT2D eigenvalue weighted by molar-refractivity contribution is 0.532. The van der Waals surface area contributed by atoms with Crippen molar-refractivity contribution >= 4 is 33.3 Å². The molecule has 3 rings (SSSR count). The molecule has 2 heterocycles. The van der Waals surface area contributed by atoms with Gasteiger partial charge in [0.2, 0.25) is 0 Å². The Balaban J connectivity index is 2.21. The molecule has 0 aliphatic rings. The van der Waals surface area contributed by atoms with Crippen LogP contribution in [0.5, 0.6) is 0 Å². The Morgan fingerprint density at radius 3 is 2.67 bits per heavy atom. The predicted octanol–water partition coefficient (Wildman–Crippen LogP) is 4.87. The fraction of sp³-hybridized carbons (Fsp3) is 0.200. The zero-order chi connectivity index (χ0) is 14.8. The molecular formula is C15H12F2N2S2. The fourth-order valence-electron chi connectivity index (χ4n) is 2.23. The molecule has 0 saturated carbocycles. The number of alkyl halides is 1. The van der Waals surface area contributed by atoms with Gasteiger partial charge in [0.15, 0.2) is 0 Å². The third kappa shape index (κ3) is 2.78. The summed E-state index contributed by atoms with van der Waals surface area (Å²) in [5.74, 6) is 0.100. The first-order valence-corrected chi connectivity index (χ1v) is 8.19. The van der Waals surface area contributed by atoms with Crippen molar-refractivity contribution < 1.29 is 8.78 Å². The number of aryl methyl sites for hydroxylation is 1. The van der Waals surface area contributed by atoms with Crippen molar-refractivity contribution in [2.75, 3.05) is 12.4 Å². The monoisotopic (exact) mass is 322 g/mol. The van der Waals surface area contributed by atoms with Crippen LogP contribution in [0.3, 0.4) is 0 Å². The number of nitrogens with zero attached hydrogens (tertiary/aromatic N) is 2. The molecule has 0 amide bonds. The standard InChI is InChI=1S/C15H12F2N2S2/c1-9-12(10-2-4-11(17)5-3-10)13-14(20-7-6-16)18-8-19-15(13)21-9/h2-5,8H,6-7H2,1H3. The first-order chi connectivity index (χ1) is 10.2. The predicted molar refractivity (Wildman–Crippen MR) is 84.2 cm³/mol. The molecule has 1 aromatic carbocycles. The molecule has 0 aliphatic carbocycles. The van der Waals surface area contributed by atoms with E-state index in [1.54, 1.807) is 23.5 Å². The summed E-state index contributed by atoms with van der Waals surface area (Å²) >= 11 is 2.96. The molecule has 0 N–H and O–H groups in total. The van der Waals surface area contributed by atoms with Crippen molar-refractivity contribution in [3.05, 3.63) is 41.3 Å². The van der Waals surface area contributed by atoms with Crippen LogP contribution >= 0.6 is 23.1 Å². The van der Waals surface area contributed by atoms with Crippen LogP contribution in [-0.2, 0) is 0 Å². The molecule has 0 atom stereocenters. The molecule has 0 unspecified atom stereocenters. The average molecular weight is 322 g/mol. The minimum Gasteiger partial charge on any atom is -0.250 e. The molecule has 0 spiro atoms. The summed E-state index contributed by atoms with van der Waals surface area (Å²) in [6.45, 7) is 1.61. The second-order valence-electron chi connectivity index (χ2n) is 4.44. The molecular weight excluding hydrogens is 310 g/mol. The van der Waals surface area contributed by atoms with Crippen molar-refractivity contribution in [1.29, 1.82) is 0 Å². The molecule has 0 aliphatic heterocycles. The van der Waals surface area contributed by atoms with Crippen molar-refractivity contribution in [1.82, 2.24) is 9.97 Å². The maximum Gasteiger partial charge on any atom is 0.128 e. The summed E-state index contributed by atoms with van der Waals surface area (Å²) < 4.78 is 25.6. The molecule has 3 aromatic rings. The highest BCUT2D eigenvalue weighted by Gasteiger charge is 2.16. The van der Waals surface area contributed by atoms with Gasteiger partial charge < -0.3 is 0 Å². The molecule has 6 heteroatoms. The van der Waals surface area contributed by atoms with Gasteiger partial charge in [0, 0.05) is 16.2 Å². The van der Waals surface area contributed by atoms with E-state index in [1.807, 2.05) is 6.92 Å². The number of hydrogen-bond donors (Lipinski definition) is 0. The lowest BCUT2D eigenvalue weighted by atomic mass is 10.0. The fourth-order valence-corrected chi connectivity index (χ4v) is 4.04. The number of aromatic nitrogens is 2. The number of fused-ring (bicyclic) bond motifs is 1. The van der Waals surface area contributed by atoms with Crippen molar-refractivity contribution in [3.8, 4) is 11.1 Å². The Bertz CT molecular complexity index is 769. The summed E-state index contributed by atoms with van der Waals surface area (Å²) in [6, 6.07) is 6.38. The van der Waals surface area contributed by atoms with Crippen LogP contribution in [0.15, 0.2) is 35.6 Å². The number of thiophene rings is 1. The van der Waals surface area contributed by atoms with Gasteiger partial charge in [-0.2, -0.15) is 0 Å². The van der Waals surface area contributed by atoms with Gasteiger partial charge in [-0.1, -0.05) is 12.1 Å². The lowest BCUT2D eigenvalue weighted by Gasteiger charge is -2.05. The molecule has 0 saturated heterocycles. The van der Waals surface area contributed by atoms with Crippen LogP contribution in [0.4, 0.5) is 8.78 Å². The Morgan fingerprint density at radius 1 is 1.19 bits per heavy atom. The van der Waals surface area contributed by atoms with Gasteiger partial charge in [-0.05, 0) is 24.6 Å². The minimum atomic E-state index is -0.398. The summed E-state index contributed by atoms with van der Waals surface area (Å²) in [7, 11) is 0. The zero-order valence-electron chi connectivity index (χ0n) is 11.3. The van der Waals surface area contributed by atoms with Crippen LogP contribution in [-0.4, -0.2) is 22.4 Å². The largest absolute Gasteiger partial charge is 0.250 e. The molecule has 0 fully saturated rings. The van der Waals surface area contributed by atoms with E-state index in [-0.39, 0.29) is 5.82 Å². The van der Waals surface area contributed by atoms with Gasteiger partial charge in [0.25, 0.3) is 0 Å². The van der Waals surface area contributed by atoms with Crippen LogP contribution < -0.4 is 0 Å². The second-order valence-corrected chi connectivity index (χ2v) is 6.72. The Hall–Kier alpha value is -1.53. The van der Waals surface area contributed by atoms with E-state index in [1.165, 1.54) is 30.2 Å². The first-order valence-electron chi connectivity index (χ1n) is 6.39. The van der Waals surface area contributed by atoms with Gasteiger partial charge in [-0.15, -0.1) is 23.1 Å². The molecule has 2 aromatic heterocycles. The third-order valence-electron chi connectivity index (χ3n) is 3.08. The number of hydrogen-bond acceptors (Lipinski definition) is 4. The first kappa shape index (κ1) is 14.4. The summed E-state index contributed by atoms with van der Waals surface area (Å²) in [6.07, 6.45) is 1.51. The maximum absolute atomic E-state index is 13.1. The van der Waals surface area contributed by atoms with E-state index in [2.05, 4.69) is 9.97 Å². The topological polar surface area (TPSA) is 25.8 Å². The Kier molecular flexibility index (Phi) is 4.17. The van der Waals surface area contributed by atoms with Gasteiger partial charge in [-0.25, -0.2) is 14.4 Å². The Morgan fingerprint density at radius 2 is 1.95 bits per heavy atom. The van der Waals surface area contributed by atoms with E-state index in [0.717, 1.165) is 31.2 Å². The number of thioether (sulfide) groups is 1. The highest BCUT2D eigenvalue weighted by Crippen LogP contribution is 2.41. The lowest BCUT2D eigenvalue weighted by Crippen LogP contribution is -1.89. The van der Waals surface area contributed by atoms with Crippen LogP contribution in [0.25, 0.3) is 21.3 Å². The van der Waals surface area contributed by atoms with Gasteiger partial charge in [0.1, 0.15) is 22.0 Å². The van der Waals surface area contributed by atoms with Crippen molar-refractivity contribution in [2.45, 2.75) is 11.9 Å². The minimum absolute atomic E-state index is 0.265. The molecule has 0 radical (unpaired) electrons. The molecule has 21 heavy (non-hydrogen) atoms. The molecule has 2 nitrogen and oxygen atoms in total. The smallest absolute Gasteiger partial charge is 0.128 e. The van der Waals surface area contributed by atoms with E-state index in [4.69, 9.17) is 0 Å². The average Bonchev–Trinajstić information content (AvgIpc) is 2.82. The second kappa shape index (κ2) is 6.07. The Labute approximate surface area is 129 Å². The molecule has 0 bridgehead atoms. The van der Waals surface area contributed by atoms with Crippen LogP contribution in [0, 0.1) is 12.7 Å². The quantitative estimate of drug-likeness (QED) is 0.506. The highest BCUT2D eigenvalue weighted by atomic mass is 32.2. The number of halogens is 2. The maximum atomic E-state index is 13.1. The molecule has 108 valence electrons. The van der Waals surface area contributed by atoms with E-state index < -0.39 is 6.67 Å². The van der Waals surface area contributed by atoms with Crippen LogP contribution in [0.1, 0.15) is 4.88 Å². The normalized spacial score (nSPS) is 11.2. The van der Waals surface area contributed by atoms with E-state index >= 15 is 0 Å². The van der Waals surface area contributed by atoms with Crippen molar-refractivity contribution in [2.24, 2.45) is 0 Å². The van der Waals surface area contributed by atoms with E-state index in [9.17, 15) is 8.78 Å².